The van der Waals surface area contributed by atoms with E-state index in [0.29, 0.717) is 6.61 Å². The van der Waals surface area contributed by atoms with E-state index in [4.69, 9.17) is 10.5 Å². The highest BCUT2D eigenvalue weighted by Crippen LogP contribution is 2.21. The number of hydrogen-bond acceptors (Lipinski definition) is 3. The molecule has 4 nitrogen and oxygen atoms in total. The number of aryl methyl sites for hydroxylation is 2. The zero-order chi connectivity index (χ0) is 13.8. The third kappa shape index (κ3) is 3.35. The molecule has 102 valence electrons. The van der Waals surface area contributed by atoms with Gasteiger partial charge in [0.2, 0.25) is 0 Å². The number of nitrogens with two attached hydrogens (primary N) is 1. The predicted octanol–water partition coefficient (Wildman–Crippen LogP) is 2.37. The lowest BCUT2D eigenvalue weighted by Crippen LogP contribution is -2.08. The summed E-state index contributed by atoms with van der Waals surface area (Å²) in [5, 5.41) is 0. The van der Waals surface area contributed by atoms with E-state index in [9.17, 15) is 0 Å². The Labute approximate surface area is 114 Å². The Morgan fingerprint density at radius 1 is 1.42 bits per heavy atom. The Kier molecular flexibility index (Phi) is 4.22. The lowest BCUT2D eigenvalue weighted by atomic mass is 10.1. The fourth-order valence-corrected chi connectivity index (χ4v) is 2.01. The van der Waals surface area contributed by atoms with E-state index in [1.165, 1.54) is 0 Å². The standard InChI is InChI=1S/C15H21N3O/c1-11-10-13(12(2)16)4-5-14(11)19-9-6-15-17-7-8-18(15)3/h4-5,7-8,10,12H,6,9,16H2,1-3H3. The van der Waals surface area contributed by atoms with E-state index >= 15 is 0 Å². The third-order valence-electron chi connectivity index (χ3n) is 3.23. The summed E-state index contributed by atoms with van der Waals surface area (Å²) in [6.07, 6.45) is 4.55. The van der Waals surface area contributed by atoms with Gasteiger partial charge in [-0.15, -0.1) is 0 Å². The molecule has 2 N–H and O–H groups in total. The summed E-state index contributed by atoms with van der Waals surface area (Å²) >= 11 is 0. The van der Waals surface area contributed by atoms with Crippen molar-refractivity contribution in [1.82, 2.24) is 9.55 Å². The van der Waals surface area contributed by atoms with Gasteiger partial charge in [0.05, 0.1) is 6.61 Å². The van der Waals surface area contributed by atoms with E-state index in [-0.39, 0.29) is 6.04 Å². The van der Waals surface area contributed by atoms with Crippen molar-refractivity contribution < 1.29 is 4.74 Å². The SMILES string of the molecule is Cc1cc(C(C)N)ccc1OCCc1nccn1C. The van der Waals surface area contributed by atoms with Crippen LogP contribution in [0.3, 0.4) is 0 Å². The molecule has 0 amide bonds. The van der Waals surface area contributed by atoms with Crippen LogP contribution < -0.4 is 10.5 Å². The first-order valence-electron chi connectivity index (χ1n) is 6.53. The molecule has 2 aromatic rings. The molecule has 19 heavy (non-hydrogen) atoms. The first kappa shape index (κ1) is 13.6. The molecule has 0 saturated heterocycles. The Morgan fingerprint density at radius 3 is 2.79 bits per heavy atom. The second-order valence-corrected chi connectivity index (χ2v) is 4.87. The second-order valence-electron chi connectivity index (χ2n) is 4.87. The van der Waals surface area contributed by atoms with Crippen molar-refractivity contribution in [1.29, 1.82) is 0 Å². The van der Waals surface area contributed by atoms with Gasteiger partial charge in [0.15, 0.2) is 0 Å². The molecule has 4 heteroatoms. The van der Waals surface area contributed by atoms with Gasteiger partial charge in [0.25, 0.3) is 0 Å². The van der Waals surface area contributed by atoms with E-state index in [0.717, 1.165) is 29.1 Å². The molecule has 1 atom stereocenters. The number of hydrogen-bond donors (Lipinski definition) is 1. The van der Waals surface area contributed by atoms with E-state index in [1.54, 1.807) is 6.20 Å². The van der Waals surface area contributed by atoms with Crippen molar-refractivity contribution in [3.63, 3.8) is 0 Å². The summed E-state index contributed by atoms with van der Waals surface area (Å²) in [5.41, 5.74) is 8.12. The van der Waals surface area contributed by atoms with Gasteiger partial charge in [-0.05, 0) is 31.0 Å². The van der Waals surface area contributed by atoms with Crippen molar-refractivity contribution >= 4 is 0 Å². The normalized spacial score (nSPS) is 12.4. The van der Waals surface area contributed by atoms with E-state index in [1.807, 2.05) is 43.8 Å². The highest BCUT2D eigenvalue weighted by Gasteiger charge is 2.05. The highest BCUT2D eigenvalue weighted by atomic mass is 16.5. The van der Waals surface area contributed by atoms with Crippen LogP contribution in [0.25, 0.3) is 0 Å². The summed E-state index contributed by atoms with van der Waals surface area (Å²) in [6.45, 7) is 4.65. The first-order chi connectivity index (χ1) is 9.08. The first-order valence-corrected chi connectivity index (χ1v) is 6.53. The maximum atomic E-state index is 5.86. The molecular weight excluding hydrogens is 238 g/mol. The quantitative estimate of drug-likeness (QED) is 0.897. The Balaban J connectivity index is 1.95. The zero-order valence-electron chi connectivity index (χ0n) is 11.8. The van der Waals surface area contributed by atoms with Crippen LogP contribution in [0.4, 0.5) is 0 Å². The predicted molar refractivity (Wildman–Crippen MR) is 76.2 cm³/mol. The molecule has 0 saturated carbocycles. The number of nitrogens with zero attached hydrogens (tertiary/aromatic N) is 2. The molecule has 0 bridgehead atoms. The fourth-order valence-electron chi connectivity index (χ4n) is 2.01. The average molecular weight is 259 g/mol. The summed E-state index contributed by atoms with van der Waals surface area (Å²) in [7, 11) is 1.99. The summed E-state index contributed by atoms with van der Waals surface area (Å²) in [6, 6.07) is 6.15. The molecule has 1 aromatic carbocycles. The lowest BCUT2D eigenvalue weighted by molar-refractivity contribution is 0.315. The number of benzene rings is 1. The van der Waals surface area contributed by atoms with Gasteiger partial charge in [-0.2, -0.15) is 0 Å². The van der Waals surface area contributed by atoms with Crippen molar-refractivity contribution in [2.45, 2.75) is 26.3 Å². The van der Waals surface area contributed by atoms with Gasteiger partial charge in [-0.3, -0.25) is 0 Å². The van der Waals surface area contributed by atoms with Gasteiger partial charge in [-0.1, -0.05) is 12.1 Å². The average Bonchev–Trinajstić information content (AvgIpc) is 2.77. The van der Waals surface area contributed by atoms with Gasteiger partial charge in [0.1, 0.15) is 11.6 Å². The second kappa shape index (κ2) is 5.89. The summed E-state index contributed by atoms with van der Waals surface area (Å²) in [5.74, 6) is 1.95. The van der Waals surface area contributed by atoms with Crippen LogP contribution in [0, 0.1) is 6.92 Å². The Bertz CT molecular complexity index is 546. The number of aromatic nitrogens is 2. The van der Waals surface area contributed by atoms with Crippen molar-refractivity contribution in [2.75, 3.05) is 6.61 Å². The molecule has 0 aliphatic carbocycles. The van der Waals surface area contributed by atoms with Crippen molar-refractivity contribution in [2.24, 2.45) is 12.8 Å². The van der Waals surface area contributed by atoms with E-state index in [2.05, 4.69) is 11.1 Å². The van der Waals surface area contributed by atoms with Gasteiger partial charge in [0, 0.05) is 31.9 Å². The largest absolute Gasteiger partial charge is 0.493 e. The third-order valence-corrected chi connectivity index (χ3v) is 3.23. The number of rotatable bonds is 5. The molecule has 0 spiro atoms. The van der Waals surface area contributed by atoms with Crippen molar-refractivity contribution in [3.8, 4) is 5.75 Å². The molecular formula is C15H21N3O. The highest BCUT2D eigenvalue weighted by molar-refractivity contribution is 5.37. The fraction of sp³-hybridized carbons (Fsp3) is 0.400. The van der Waals surface area contributed by atoms with Crippen LogP contribution >= 0.6 is 0 Å². The number of imidazole rings is 1. The smallest absolute Gasteiger partial charge is 0.122 e. The van der Waals surface area contributed by atoms with Crippen LogP contribution in [0.15, 0.2) is 30.6 Å². The van der Waals surface area contributed by atoms with Crippen LogP contribution in [0.2, 0.25) is 0 Å². The minimum Gasteiger partial charge on any atom is -0.493 e. The molecule has 0 aliphatic heterocycles. The molecule has 1 aromatic heterocycles. The van der Waals surface area contributed by atoms with Crippen molar-refractivity contribution in [3.05, 3.63) is 47.5 Å². The molecule has 0 fully saturated rings. The zero-order valence-corrected chi connectivity index (χ0v) is 11.8. The maximum absolute atomic E-state index is 5.86. The maximum Gasteiger partial charge on any atom is 0.122 e. The van der Waals surface area contributed by atoms with Crippen LogP contribution in [0.5, 0.6) is 5.75 Å². The minimum atomic E-state index is 0.0559. The molecule has 0 radical (unpaired) electrons. The minimum absolute atomic E-state index is 0.0559. The Hall–Kier alpha value is -1.81. The molecule has 1 unspecified atom stereocenters. The van der Waals surface area contributed by atoms with Crippen LogP contribution in [-0.4, -0.2) is 16.2 Å². The lowest BCUT2D eigenvalue weighted by Gasteiger charge is -2.12. The Morgan fingerprint density at radius 2 is 2.21 bits per heavy atom. The van der Waals surface area contributed by atoms with Crippen LogP contribution in [0.1, 0.15) is 29.9 Å². The van der Waals surface area contributed by atoms with E-state index < -0.39 is 0 Å². The molecule has 2 rings (SSSR count). The van der Waals surface area contributed by atoms with Gasteiger partial charge < -0.3 is 15.0 Å². The topological polar surface area (TPSA) is 53.1 Å². The summed E-state index contributed by atoms with van der Waals surface area (Å²) < 4.78 is 7.82. The summed E-state index contributed by atoms with van der Waals surface area (Å²) in [4.78, 5) is 4.27. The van der Waals surface area contributed by atoms with Gasteiger partial charge in [-0.25, -0.2) is 4.98 Å². The monoisotopic (exact) mass is 259 g/mol. The molecule has 0 aliphatic rings. The number of ether oxygens (including phenoxy) is 1. The van der Waals surface area contributed by atoms with Gasteiger partial charge >= 0.3 is 0 Å². The molecule has 1 heterocycles. The van der Waals surface area contributed by atoms with Crippen LogP contribution in [-0.2, 0) is 13.5 Å².